The molecule has 3 rings (SSSR count). The number of piperazine rings is 1. The van der Waals surface area contributed by atoms with Gasteiger partial charge in [-0.3, -0.25) is 4.90 Å². The van der Waals surface area contributed by atoms with Crippen molar-refractivity contribution < 1.29 is 17.7 Å². The summed E-state index contributed by atoms with van der Waals surface area (Å²) in [5, 5.41) is 4.04. The van der Waals surface area contributed by atoms with Gasteiger partial charge in [-0.05, 0) is 25.5 Å². The molecule has 0 saturated carbocycles. The third-order valence-corrected chi connectivity index (χ3v) is 4.86. The molecular weight excluding hydrogens is 359 g/mol. The maximum Gasteiger partial charge on any atom is 0.417 e. The van der Waals surface area contributed by atoms with E-state index in [-0.39, 0.29) is 6.04 Å². The Hall–Kier alpha value is -2.16. The Balaban J connectivity index is 1.56. The van der Waals surface area contributed by atoms with Gasteiger partial charge in [-0.15, -0.1) is 0 Å². The summed E-state index contributed by atoms with van der Waals surface area (Å²) in [7, 11) is 0. The summed E-state index contributed by atoms with van der Waals surface area (Å²) in [5.41, 5.74) is -0.728. The number of aryl methyl sites for hydroxylation is 1. The first kappa shape index (κ1) is 19.6. The van der Waals surface area contributed by atoms with Gasteiger partial charge in [0.25, 0.3) is 0 Å². The number of unbranched alkanes of at least 4 members (excludes halogenated alkanes) is 1. The normalized spacial score (nSPS) is 17.3. The molecule has 148 valence electrons. The molecule has 2 aromatic rings. The van der Waals surface area contributed by atoms with Gasteiger partial charge in [-0.25, -0.2) is 4.98 Å². The number of halogens is 3. The Morgan fingerprint density at radius 3 is 2.52 bits per heavy atom. The monoisotopic (exact) mass is 383 g/mol. The van der Waals surface area contributed by atoms with Crippen molar-refractivity contribution in [2.24, 2.45) is 0 Å². The number of alkyl halides is 3. The highest BCUT2D eigenvalue weighted by Crippen LogP contribution is 2.30. The number of hydrogen-bond acceptors (Lipinski definition) is 6. The maximum absolute atomic E-state index is 12.7. The fourth-order valence-corrected chi connectivity index (χ4v) is 3.11. The first-order valence-electron chi connectivity index (χ1n) is 9.23. The largest absolute Gasteiger partial charge is 0.417 e. The van der Waals surface area contributed by atoms with E-state index in [9.17, 15) is 13.2 Å². The van der Waals surface area contributed by atoms with E-state index in [2.05, 4.69) is 26.9 Å². The summed E-state index contributed by atoms with van der Waals surface area (Å²) in [5.74, 6) is 1.92. The van der Waals surface area contributed by atoms with Crippen molar-refractivity contribution in [2.45, 2.75) is 45.3 Å². The molecule has 1 fully saturated rings. The summed E-state index contributed by atoms with van der Waals surface area (Å²) in [6.07, 6.45) is -0.536. The molecular formula is C18H24F3N5O. The Bertz CT molecular complexity index is 723. The Morgan fingerprint density at radius 1 is 1.19 bits per heavy atom. The van der Waals surface area contributed by atoms with Gasteiger partial charge in [-0.1, -0.05) is 18.5 Å². The first-order valence-corrected chi connectivity index (χ1v) is 9.23. The first-order chi connectivity index (χ1) is 12.9. The van der Waals surface area contributed by atoms with Gasteiger partial charge in [-0.2, -0.15) is 18.2 Å². The molecule has 1 unspecified atom stereocenters. The van der Waals surface area contributed by atoms with Crippen LogP contribution in [0.3, 0.4) is 0 Å². The molecule has 0 radical (unpaired) electrons. The third-order valence-electron chi connectivity index (χ3n) is 4.86. The number of nitrogens with zero attached hydrogens (tertiary/aromatic N) is 5. The molecule has 2 aromatic heterocycles. The van der Waals surface area contributed by atoms with Crippen molar-refractivity contribution in [2.75, 3.05) is 31.1 Å². The predicted molar refractivity (Wildman–Crippen MR) is 94.4 cm³/mol. The van der Waals surface area contributed by atoms with E-state index in [1.54, 1.807) is 0 Å². The SMILES string of the molecule is CCCCc1noc(C(C)N2CCN(c3ccc(C(F)(F)F)cn3)CC2)n1. The van der Waals surface area contributed by atoms with Crippen molar-refractivity contribution in [1.82, 2.24) is 20.0 Å². The topological polar surface area (TPSA) is 58.3 Å². The molecule has 0 spiro atoms. The van der Waals surface area contributed by atoms with E-state index in [0.29, 0.717) is 24.8 Å². The minimum absolute atomic E-state index is 0.00981. The molecule has 3 heterocycles. The number of rotatable bonds is 6. The van der Waals surface area contributed by atoms with Crippen LogP contribution >= 0.6 is 0 Å². The van der Waals surface area contributed by atoms with E-state index in [1.807, 2.05) is 11.8 Å². The zero-order valence-corrected chi connectivity index (χ0v) is 15.5. The van der Waals surface area contributed by atoms with Crippen molar-refractivity contribution in [3.8, 4) is 0 Å². The highest BCUT2D eigenvalue weighted by molar-refractivity contribution is 5.40. The summed E-state index contributed by atoms with van der Waals surface area (Å²) in [6, 6.07) is 2.52. The van der Waals surface area contributed by atoms with Gasteiger partial charge in [0.2, 0.25) is 5.89 Å². The Labute approximate surface area is 156 Å². The van der Waals surface area contributed by atoms with Gasteiger partial charge in [0, 0.05) is 38.8 Å². The summed E-state index contributed by atoms with van der Waals surface area (Å²) in [6.45, 7) is 7.00. The fourth-order valence-electron chi connectivity index (χ4n) is 3.11. The van der Waals surface area contributed by atoms with Crippen molar-refractivity contribution in [1.29, 1.82) is 0 Å². The molecule has 0 aliphatic carbocycles. The average molecular weight is 383 g/mol. The summed E-state index contributed by atoms with van der Waals surface area (Å²) in [4.78, 5) is 12.7. The molecule has 0 amide bonds. The van der Waals surface area contributed by atoms with Crippen LogP contribution in [-0.4, -0.2) is 46.2 Å². The van der Waals surface area contributed by atoms with Crippen LogP contribution in [0, 0.1) is 0 Å². The van der Waals surface area contributed by atoms with E-state index >= 15 is 0 Å². The van der Waals surface area contributed by atoms with Crippen molar-refractivity contribution in [3.63, 3.8) is 0 Å². The van der Waals surface area contributed by atoms with Crippen LogP contribution in [-0.2, 0) is 12.6 Å². The van der Waals surface area contributed by atoms with Crippen LogP contribution in [0.1, 0.15) is 50.0 Å². The van der Waals surface area contributed by atoms with Gasteiger partial charge >= 0.3 is 6.18 Å². The zero-order valence-electron chi connectivity index (χ0n) is 15.5. The molecule has 9 heteroatoms. The summed E-state index contributed by atoms with van der Waals surface area (Å²) >= 11 is 0. The summed E-state index contributed by atoms with van der Waals surface area (Å²) < 4.78 is 43.4. The lowest BCUT2D eigenvalue weighted by Crippen LogP contribution is -2.47. The second-order valence-electron chi connectivity index (χ2n) is 6.75. The number of hydrogen-bond donors (Lipinski definition) is 0. The highest BCUT2D eigenvalue weighted by Gasteiger charge is 2.31. The quantitative estimate of drug-likeness (QED) is 0.758. The van der Waals surface area contributed by atoms with E-state index in [4.69, 9.17) is 4.52 Å². The van der Waals surface area contributed by atoms with Crippen LogP contribution in [0.4, 0.5) is 19.0 Å². The maximum atomic E-state index is 12.7. The Morgan fingerprint density at radius 2 is 1.93 bits per heavy atom. The lowest BCUT2D eigenvalue weighted by molar-refractivity contribution is -0.137. The molecule has 27 heavy (non-hydrogen) atoms. The number of anilines is 1. The van der Waals surface area contributed by atoms with Gasteiger partial charge < -0.3 is 9.42 Å². The highest BCUT2D eigenvalue weighted by atomic mass is 19.4. The second kappa shape index (κ2) is 8.24. The van der Waals surface area contributed by atoms with E-state index < -0.39 is 11.7 Å². The molecule has 1 aliphatic heterocycles. The van der Waals surface area contributed by atoms with E-state index in [1.165, 1.54) is 6.07 Å². The lowest BCUT2D eigenvalue weighted by Gasteiger charge is -2.37. The smallest absolute Gasteiger partial charge is 0.354 e. The second-order valence-corrected chi connectivity index (χ2v) is 6.75. The minimum atomic E-state index is -4.36. The predicted octanol–water partition coefficient (Wildman–Crippen LogP) is 3.71. The standard InChI is InChI=1S/C18H24F3N5O/c1-3-4-5-15-23-17(27-24-15)13(2)25-8-10-26(11-9-25)16-7-6-14(12-22-16)18(19,20)21/h6-7,12-13H,3-5,8-11H2,1-2H3. The van der Waals surface area contributed by atoms with Crippen LogP contribution < -0.4 is 4.90 Å². The van der Waals surface area contributed by atoms with E-state index in [0.717, 1.165) is 50.4 Å². The fraction of sp³-hybridized carbons (Fsp3) is 0.611. The molecule has 6 nitrogen and oxygen atoms in total. The average Bonchev–Trinajstić information content (AvgIpc) is 3.14. The van der Waals surface area contributed by atoms with Gasteiger partial charge in [0.05, 0.1) is 11.6 Å². The molecule has 0 aromatic carbocycles. The van der Waals surface area contributed by atoms with Gasteiger partial charge in [0.1, 0.15) is 5.82 Å². The number of aromatic nitrogens is 3. The van der Waals surface area contributed by atoms with Crippen molar-refractivity contribution in [3.05, 3.63) is 35.6 Å². The molecule has 1 saturated heterocycles. The minimum Gasteiger partial charge on any atom is -0.354 e. The van der Waals surface area contributed by atoms with Crippen LogP contribution in [0.2, 0.25) is 0 Å². The van der Waals surface area contributed by atoms with Crippen molar-refractivity contribution >= 4 is 5.82 Å². The Kier molecular flexibility index (Phi) is 5.98. The zero-order chi connectivity index (χ0) is 19.4. The molecule has 1 aliphatic rings. The number of pyridine rings is 1. The van der Waals surface area contributed by atoms with Gasteiger partial charge in [0.15, 0.2) is 5.82 Å². The molecule has 0 N–H and O–H groups in total. The lowest BCUT2D eigenvalue weighted by atomic mass is 10.2. The molecule has 0 bridgehead atoms. The third kappa shape index (κ3) is 4.77. The van der Waals surface area contributed by atoms with Crippen LogP contribution in [0.25, 0.3) is 0 Å². The van der Waals surface area contributed by atoms with Crippen LogP contribution in [0.15, 0.2) is 22.9 Å². The van der Waals surface area contributed by atoms with Crippen LogP contribution in [0.5, 0.6) is 0 Å². The molecule has 1 atom stereocenters.